The van der Waals surface area contributed by atoms with Crippen LogP contribution >= 0.6 is 0 Å². The van der Waals surface area contributed by atoms with E-state index >= 15 is 0 Å². The van der Waals surface area contributed by atoms with Crippen molar-refractivity contribution in [1.82, 2.24) is 0 Å². The minimum atomic E-state index is -4.51. The minimum Gasteiger partial charge on any atom is -0.496 e. The number of hydrogen-bond acceptors (Lipinski definition) is 3. The van der Waals surface area contributed by atoms with E-state index in [1.807, 2.05) is 31.4 Å². The maximum Gasteiger partial charge on any atom is 0.420 e. The van der Waals surface area contributed by atoms with Gasteiger partial charge in [-0.1, -0.05) is 5.21 Å². The van der Waals surface area contributed by atoms with E-state index in [2.05, 4.69) is 0 Å². The molecule has 21 heavy (non-hydrogen) atoms. The van der Waals surface area contributed by atoms with Gasteiger partial charge in [-0.05, 0) is 23.0 Å². The van der Waals surface area contributed by atoms with Crippen molar-refractivity contribution >= 4 is 31.4 Å². The summed E-state index contributed by atoms with van der Waals surface area (Å²) in [6.45, 7) is 0. The zero-order valence-electron chi connectivity index (χ0n) is 13.2. The second-order valence-electron chi connectivity index (χ2n) is 6.10. The molecular weight excluding hydrogens is 278 g/mol. The monoisotopic (exact) mass is 297 g/mol. The van der Waals surface area contributed by atoms with E-state index in [1.54, 1.807) is 0 Å². The Hall–Kier alpha value is -1.17. The fourth-order valence-electron chi connectivity index (χ4n) is 1.95. The molecule has 0 atom stereocenters. The van der Waals surface area contributed by atoms with Crippen LogP contribution in [0.3, 0.4) is 0 Å². The molecule has 1 aromatic carbocycles. The lowest BCUT2D eigenvalue weighted by Gasteiger charge is -2.41. The zero-order chi connectivity index (χ0) is 16.6. The van der Waals surface area contributed by atoms with Crippen molar-refractivity contribution in [3.8, 4) is 11.5 Å². The molecule has 1 aromatic rings. The Morgan fingerprint density at radius 2 is 1.29 bits per heavy atom. The van der Waals surface area contributed by atoms with Gasteiger partial charge in [-0.15, -0.1) is 0 Å². The van der Waals surface area contributed by atoms with Crippen LogP contribution in [0.25, 0.3) is 0 Å². The topological polar surface area (TPSA) is 44.5 Å². The molecule has 3 nitrogen and oxygen atoms in total. The van der Waals surface area contributed by atoms with Gasteiger partial charge in [-0.25, -0.2) is 0 Å². The molecule has 0 aliphatic heterocycles. The fourth-order valence-corrected chi connectivity index (χ4v) is 1.95. The summed E-state index contributed by atoms with van der Waals surface area (Å²) in [5.74, 6) is -0.0951. The second-order valence-corrected chi connectivity index (χ2v) is 6.10. The highest BCUT2D eigenvalue weighted by molar-refractivity contribution is 6.54. The summed E-state index contributed by atoms with van der Waals surface area (Å²) in [7, 11) is 9.90. The Kier molecular flexibility index (Phi) is 4.73. The van der Waals surface area contributed by atoms with Crippen LogP contribution in [0.1, 0.15) is 11.1 Å². The first kappa shape index (κ1) is 17.9. The number of hydrogen-bond donors (Lipinski definition) is 1. The van der Waals surface area contributed by atoms with Crippen LogP contribution in [0.4, 0.5) is 13.2 Å². The van der Waals surface area contributed by atoms with Gasteiger partial charge >= 0.3 is 6.18 Å². The van der Waals surface area contributed by atoms with Crippen LogP contribution in [-0.4, -0.2) is 50.9 Å². The molecule has 0 radical (unpaired) electrons. The zero-order valence-corrected chi connectivity index (χ0v) is 13.2. The predicted octanol–water partition coefficient (Wildman–Crippen LogP) is -1.98. The first-order chi connectivity index (χ1) is 9.36. The fraction of sp³-hybridized carbons (Fsp3) is 0.455. The number of ether oxygens (including phenoxy) is 2. The SMILES string of the molecule is BC(B)(N)C(B)(B)c1cc(OC)c(C(F)(F)F)cc1OC. The van der Waals surface area contributed by atoms with Crippen LogP contribution in [0, 0.1) is 0 Å². The van der Waals surface area contributed by atoms with Gasteiger partial charge in [0.15, 0.2) is 0 Å². The van der Waals surface area contributed by atoms with Crippen molar-refractivity contribution in [2.75, 3.05) is 14.2 Å². The van der Waals surface area contributed by atoms with Gasteiger partial charge in [0, 0.05) is 0 Å². The Labute approximate surface area is 126 Å². The maximum absolute atomic E-state index is 13.1. The van der Waals surface area contributed by atoms with E-state index in [9.17, 15) is 13.2 Å². The van der Waals surface area contributed by atoms with Gasteiger partial charge < -0.3 is 15.2 Å². The van der Waals surface area contributed by atoms with Crippen molar-refractivity contribution < 1.29 is 22.6 Å². The van der Waals surface area contributed by atoms with Gasteiger partial charge in [0.2, 0.25) is 0 Å². The molecule has 2 N–H and O–H groups in total. The minimum absolute atomic E-state index is 0.145. The number of nitrogens with two attached hydrogens (primary N) is 1. The van der Waals surface area contributed by atoms with Crippen LogP contribution in [0.5, 0.6) is 11.5 Å². The summed E-state index contributed by atoms with van der Waals surface area (Å²) in [6.07, 6.45) is -4.51. The Balaban J connectivity index is 3.63. The average Bonchev–Trinajstić information content (AvgIpc) is 2.34. The molecule has 0 heterocycles. The lowest BCUT2D eigenvalue weighted by molar-refractivity contribution is -0.138. The molecule has 1 rings (SSSR count). The molecule has 112 valence electrons. The number of methoxy groups -OCH3 is 2. The van der Waals surface area contributed by atoms with Crippen LogP contribution in [-0.2, 0) is 11.4 Å². The third kappa shape index (κ3) is 3.36. The molecule has 0 saturated carbocycles. The van der Waals surface area contributed by atoms with Crippen LogP contribution in [0.2, 0.25) is 0 Å². The molecule has 0 fully saturated rings. The summed E-state index contributed by atoms with van der Waals surface area (Å²) in [4.78, 5) is 0. The van der Waals surface area contributed by atoms with Crippen molar-refractivity contribution in [2.24, 2.45) is 5.73 Å². The molecular formula is C11H18B4F3NO2. The lowest BCUT2D eigenvalue weighted by atomic mass is 9.32. The Morgan fingerprint density at radius 3 is 1.62 bits per heavy atom. The molecule has 0 amide bonds. The molecule has 0 unspecified atom stereocenters. The molecule has 0 aromatic heterocycles. The Bertz CT molecular complexity index is 529. The molecule has 0 aliphatic rings. The summed E-state index contributed by atoms with van der Waals surface area (Å²) in [6, 6.07) is 2.32. The average molecular weight is 297 g/mol. The van der Waals surface area contributed by atoms with Gasteiger partial charge in [0.1, 0.15) is 48.4 Å². The molecule has 10 heteroatoms. The van der Waals surface area contributed by atoms with E-state index in [1.165, 1.54) is 20.3 Å². The van der Waals surface area contributed by atoms with E-state index < -0.39 is 22.3 Å². The normalized spacial score (nSPS) is 13.0. The predicted molar refractivity (Wildman–Crippen MR) is 87.3 cm³/mol. The largest absolute Gasteiger partial charge is 0.496 e. The van der Waals surface area contributed by atoms with Crippen molar-refractivity contribution in [3.63, 3.8) is 0 Å². The van der Waals surface area contributed by atoms with Crippen molar-refractivity contribution in [3.05, 3.63) is 23.3 Å². The lowest BCUT2D eigenvalue weighted by Crippen LogP contribution is -2.60. The van der Waals surface area contributed by atoms with Crippen LogP contribution in [0.15, 0.2) is 12.1 Å². The number of alkyl halides is 3. The second kappa shape index (κ2) is 5.55. The van der Waals surface area contributed by atoms with E-state index in [0.717, 1.165) is 6.07 Å². The van der Waals surface area contributed by atoms with E-state index in [-0.39, 0.29) is 11.5 Å². The standard InChI is InChI=1S/C11H18B4F3NO2/c1-20-7-4-6(10(16,17)18)8(21-2)3-5(7)9(12,13)11(14,15)19/h3-4H,12-15,19H2,1-2H3. The van der Waals surface area contributed by atoms with Gasteiger partial charge in [0.25, 0.3) is 0 Å². The molecule has 0 bridgehead atoms. The highest BCUT2D eigenvalue weighted by Crippen LogP contribution is 2.43. The van der Waals surface area contributed by atoms with E-state index in [4.69, 9.17) is 15.2 Å². The van der Waals surface area contributed by atoms with Gasteiger partial charge in [-0.3, -0.25) is 0 Å². The summed E-state index contributed by atoms with van der Waals surface area (Å²) in [5, 5.41) is -1.28. The van der Waals surface area contributed by atoms with Crippen molar-refractivity contribution in [1.29, 1.82) is 0 Å². The third-order valence-electron chi connectivity index (χ3n) is 4.11. The highest BCUT2D eigenvalue weighted by atomic mass is 19.4. The van der Waals surface area contributed by atoms with E-state index in [0.29, 0.717) is 5.56 Å². The van der Waals surface area contributed by atoms with Crippen molar-refractivity contribution in [2.45, 2.75) is 16.7 Å². The number of benzene rings is 1. The smallest absolute Gasteiger partial charge is 0.420 e. The number of rotatable bonds is 4. The molecule has 0 aliphatic carbocycles. The Morgan fingerprint density at radius 1 is 0.905 bits per heavy atom. The first-order valence-electron chi connectivity index (χ1n) is 6.49. The maximum atomic E-state index is 13.1. The number of halogens is 3. The summed E-state index contributed by atoms with van der Waals surface area (Å²) >= 11 is 0. The van der Waals surface area contributed by atoms with Gasteiger partial charge in [-0.2, -0.15) is 13.2 Å². The summed E-state index contributed by atoms with van der Waals surface area (Å²) in [5.41, 5.74) is 5.87. The highest BCUT2D eigenvalue weighted by Gasteiger charge is 2.40. The first-order valence-corrected chi connectivity index (χ1v) is 6.49. The quantitative estimate of drug-likeness (QED) is 0.655. The van der Waals surface area contributed by atoms with Gasteiger partial charge in [0.05, 0.1) is 14.2 Å². The summed E-state index contributed by atoms with van der Waals surface area (Å²) < 4.78 is 49.2. The molecule has 0 spiro atoms. The third-order valence-corrected chi connectivity index (χ3v) is 4.11. The van der Waals surface area contributed by atoms with Crippen LogP contribution < -0.4 is 15.2 Å². The molecule has 0 saturated heterocycles.